The van der Waals surface area contributed by atoms with Crippen LogP contribution in [0.2, 0.25) is 0 Å². The lowest BCUT2D eigenvalue weighted by atomic mass is 9.95. The Morgan fingerprint density at radius 2 is 1.00 bits per heavy atom. The first-order valence-corrected chi connectivity index (χ1v) is 16.7. The molecule has 0 saturated heterocycles. The van der Waals surface area contributed by atoms with Crippen molar-refractivity contribution in [3.63, 3.8) is 0 Å². The maximum Gasteiger partial charge on any atom is 0.164 e. The molecule has 0 fully saturated rings. The number of fused-ring (bicyclic) bond motifs is 11. The fraction of sp³-hybridized carbons (Fsp3) is 0. The van der Waals surface area contributed by atoms with Crippen LogP contribution in [0.25, 0.3) is 110 Å². The minimum atomic E-state index is 0.585. The molecular formula is C45H25N3O2. The molecule has 0 amide bonds. The van der Waals surface area contributed by atoms with E-state index < -0.39 is 0 Å². The van der Waals surface area contributed by atoms with Gasteiger partial charge in [-0.2, -0.15) is 0 Å². The Kier molecular flexibility index (Phi) is 5.60. The fourth-order valence-corrected chi connectivity index (χ4v) is 7.50. The van der Waals surface area contributed by atoms with Crippen molar-refractivity contribution in [3.05, 3.63) is 152 Å². The first-order chi connectivity index (χ1) is 24.7. The minimum Gasteiger partial charge on any atom is -0.456 e. The maximum atomic E-state index is 6.87. The Morgan fingerprint density at radius 3 is 1.86 bits per heavy atom. The van der Waals surface area contributed by atoms with E-state index >= 15 is 0 Å². The molecule has 0 radical (unpaired) electrons. The highest BCUT2D eigenvalue weighted by molar-refractivity contribution is 6.27. The lowest BCUT2D eigenvalue weighted by Crippen LogP contribution is -2.00. The molecule has 8 aromatic carbocycles. The van der Waals surface area contributed by atoms with E-state index in [2.05, 4.69) is 91.0 Å². The lowest BCUT2D eigenvalue weighted by molar-refractivity contribution is 0.669. The SMILES string of the molecule is c1ccc(-c2nc(-c3ccc4oc5ccccc5c4c3)nc(-c3cc4ccc5ccccc5c4c4oc5cc6ccccc6cc5c34)n2)cc1. The third-order valence-electron chi connectivity index (χ3n) is 9.86. The van der Waals surface area contributed by atoms with Crippen LogP contribution in [0.5, 0.6) is 0 Å². The van der Waals surface area contributed by atoms with Gasteiger partial charge in [0.25, 0.3) is 0 Å². The smallest absolute Gasteiger partial charge is 0.164 e. The van der Waals surface area contributed by atoms with E-state index in [1.165, 1.54) is 0 Å². The number of hydrogen-bond donors (Lipinski definition) is 0. The first-order valence-electron chi connectivity index (χ1n) is 16.7. The summed E-state index contributed by atoms with van der Waals surface area (Å²) >= 11 is 0. The summed E-state index contributed by atoms with van der Waals surface area (Å²) in [5, 5.41) is 10.8. The molecule has 3 heterocycles. The van der Waals surface area contributed by atoms with Crippen LogP contribution < -0.4 is 0 Å². The average molecular weight is 640 g/mol. The third kappa shape index (κ3) is 4.04. The molecule has 0 bridgehead atoms. The highest BCUT2D eigenvalue weighted by Crippen LogP contribution is 2.44. The molecule has 0 aliphatic carbocycles. The van der Waals surface area contributed by atoms with Crippen molar-refractivity contribution in [3.8, 4) is 34.2 Å². The Bertz CT molecular complexity index is 3160. The van der Waals surface area contributed by atoms with Crippen molar-refractivity contribution in [2.45, 2.75) is 0 Å². The Balaban J connectivity index is 1.25. The van der Waals surface area contributed by atoms with E-state index in [4.69, 9.17) is 23.8 Å². The van der Waals surface area contributed by atoms with Gasteiger partial charge in [-0.3, -0.25) is 0 Å². The van der Waals surface area contributed by atoms with Gasteiger partial charge in [-0.1, -0.05) is 109 Å². The van der Waals surface area contributed by atoms with Crippen LogP contribution >= 0.6 is 0 Å². The second-order valence-corrected chi connectivity index (χ2v) is 12.8. The van der Waals surface area contributed by atoms with E-state index in [-0.39, 0.29) is 0 Å². The maximum absolute atomic E-state index is 6.87. The Labute approximate surface area is 285 Å². The molecule has 3 aromatic heterocycles. The molecule has 0 atom stereocenters. The van der Waals surface area contributed by atoms with Crippen molar-refractivity contribution in [1.29, 1.82) is 0 Å². The summed E-state index contributed by atoms with van der Waals surface area (Å²) in [5.74, 6) is 1.78. The summed E-state index contributed by atoms with van der Waals surface area (Å²) in [6.07, 6.45) is 0. The first kappa shape index (κ1) is 27.1. The molecule has 0 unspecified atom stereocenters. The summed E-state index contributed by atoms with van der Waals surface area (Å²) < 4.78 is 13.0. The fourth-order valence-electron chi connectivity index (χ4n) is 7.50. The van der Waals surface area contributed by atoms with Crippen LogP contribution in [0.4, 0.5) is 0 Å². The number of para-hydroxylation sites is 1. The van der Waals surface area contributed by atoms with Gasteiger partial charge >= 0.3 is 0 Å². The van der Waals surface area contributed by atoms with E-state index in [0.717, 1.165) is 92.9 Å². The summed E-state index contributed by atoms with van der Waals surface area (Å²) in [4.78, 5) is 15.5. The standard InChI is InChI=1S/C45H25N3O2/c1-2-11-27(12-3-1)43-46-44(31-20-21-38-34(24-31)33-16-8-9-17-37(33)49-38)48-45(47-43)36-23-30-19-18-26-10-6-7-15-32(26)40(30)42-41(36)35-22-28-13-4-5-14-29(28)25-39(35)50-42/h1-25H. The van der Waals surface area contributed by atoms with Gasteiger partial charge in [-0.15, -0.1) is 0 Å². The van der Waals surface area contributed by atoms with Crippen molar-refractivity contribution < 1.29 is 8.83 Å². The number of hydrogen-bond acceptors (Lipinski definition) is 5. The summed E-state index contributed by atoms with van der Waals surface area (Å²) in [6.45, 7) is 0. The van der Waals surface area contributed by atoms with Gasteiger partial charge in [0.1, 0.15) is 22.3 Å². The van der Waals surface area contributed by atoms with Crippen molar-refractivity contribution in [2.24, 2.45) is 0 Å². The molecule has 0 spiro atoms. The number of furan rings is 2. The van der Waals surface area contributed by atoms with Gasteiger partial charge in [-0.25, -0.2) is 15.0 Å². The number of aromatic nitrogens is 3. The normalized spacial score (nSPS) is 12.0. The predicted molar refractivity (Wildman–Crippen MR) is 203 cm³/mol. The molecule has 5 nitrogen and oxygen atoms in total. The lowest BCUT2D eigenvalue weighted by Gasteiger charge is -2.12. The van der Waals surface area contributed by atoms with Crippen molar-refractivity contribution in [1.82, 2.24) is 15.0 Å². The minimum absolute atomic E-state index is 0.585. The quantitative estimate of drug-likeness (QED) is 0.180. The number of benzene rings is 8. The Morgan fingerprint density at radius 1 is 0.340 bits per heavy atom. The summed E-state index contributed by atoms with van der Waals surface area (Å²) in [5.41, 5.74) is 6.03. The van der Waals surface area contributed by atoms with Crippen LogP contribution in [0.15, 0.2) is 160 Å². The van der Waals surface area contributed by atoms with E-state index in [1.54, 1.807) is 0 Å². The van der Waals surface area contributed by atoms with Crippen LogP contribution in [0.3, 0.4) is 0 Å². The van der Waals surface area contributed by atoms with Gasteiger partial charge in [0, 0.05) is 43.6 Å². The second kappa shape index (κ2) is 10.3. The second-order valence-electron chi connectivity index (χ2n) is 12.8. The molecular weight excluding hydrogens is 615 g/mol. The Hall–Kier alpha value is -6.85. The average Bonchev–Trinajstić information content (AvgIpc) is 3.74. The van der Waals surface area contributed by atoms with Crippen molar-refractivity contribution >= 4 is 76.2 Å². The highest BCUT2D eigenvalue weighted by atomic mass is 16.3. The van der Waals surface area contributed by atoms with Crippen molar-refractivity contribution in [2.75, 3.05) is 0 Å². The number of rotatable bonds is 3. The van der Waals surface area contributed by atoms with E-state index in [9.17, 15) is 0 Å². The third-order valence-corrected chi connectivity index (χ3v) is 9.86. The van der Waals surface area contributed by atoms with Crippen LogP contribution in [-0.2, 0) is 0 Å². The molecule has 0 saturated carbocycles. The van der Waals surface area contributed by atoms with Gasteiger partial charge in [0.05, 0.1) is 0 Å². The van der Waals surface area contributed by atoms with Crippen LogP contribution in [0, 0.1) is 0 Å². The molecule has 232 valence electrons. The molecule has 11 aromatic rings. The van der Waals surface area contributed by atoms with Gasteiger partial charge in [-0.05, 0) is 69.4 Å². The molecule has 0 aliphatic heterocycles. The topological polar surface area (TPSA) is 65.0 Å². The van der Waals surface area contributed by atoms with Gasteiger partial charge in [0.2, 0.25) is 0 Å². The zero-order chi connectivity index (χ0) is 32.8. The number of nitrogens with zero attached hydrogens (tertiary/aromatic N) is 3. The molecule has 0 aliphatic rings. The summed E-state index contributed by atoms with van der Waals surface area (Å²) in [7, 11) is 0. The zero-order valence-electron chi connectivity index (χ0n) is 26.6. The zero-order valence-corrected chi connectivity index (χ0v) is 26.6. The molecule has 50 heavy (non-hydrogen) atoms. The van der Waals surface area contributed by atoms with Gasteiger partial charge in [0.15, 0.2) is 17.5 Å². The highest BCUT2D eigenvalue weighted by Gasteiger charge is 2.22. The predicted octanol–water partition coefficient (Wildman–Crippen LogP) is 12.1. The van der Waals surface area contributed by atoms with Gasteiger partial charge < -0.3 is 8.83 Å². The van der Waals surface area contributed by atoms with Crippen LogP contribution in [0.1, 0.15) is 0 Å². The van der Waals surface area contributed by atoms with E-state index in [1.807, 2.05) is 60.7 Å². The van der Waals surface area contributed by atoms with Crippen LogP contribution in [-0.4, -0.2) is 15.0 Å². The molecule has 11 rings (SSSR count). The molecule has 5 heteroatoms. The van der Waals surface area contributed by atoms with E-state index in [0.29, 0.717) is 17.5 Å². The summed E-state index contributed by atoms with van der Waals surface area (Å²) in [6, 6.07) is 52.2. The molecule has 0 N–H and O–H groups in total. The monoisotopic (exact) mass is 639 g/mol. The largest absolute Gasteiger partial charge is 0.456 e.